The van der Waals surface area contributed by atoms with E-state index in [0.717, 1.165) is 23.5 Å². The molecule has 0 aliphatic carbocycles. The number of fused-ring (bicyclic) bond motifs is 1. The van der Waals surface area contributed by atoms with Gasteiger partial charge in [0, 0.05) is 11.4 Å². The summed E-state index contributed by atoms with van der Waals surface area (Å²) in [4.78, 5) is 29.0. The molecule has 0 aromatic heterocycles. The molecule has 1 aliphatic rings. The van der Waals surface area contributed by atoms with Gasteiger partial charge in [-0.05, 0) is 49.2 Å². The second-order valence-corrected chi connectivity index (χ2v) is 7.63. The molecule has 7 heteroatoms. The normalized spacial score (nSPS) is 12.6. The molecular formula is C23H25N3O3S. The standard InChI is InChI=1S/C23H25N3O3S/c1-3-16-8-7-9-17(12-16)25-21(27)15-30-22-13-18(14-23(28)29-4-2)24-19-10-5-6-11-20(19)26-22/h5-13,24H,3-4,14-15H2,1-2H3,(H,25,27). The fraction of sp³-hybridized carbons (Fsp3) is 0.261. The Balaban J connectivity index is 1.70. The van der Waals surface area contributed by atoms with Gasteiger partial charge in [-0.25, -0.2) is 4.99 Å². The number of amides is 1. The smallest absolute Gasteiger partial charge is 0.311 e. The zero-order valence-corrected chi connectivity index (χ0v) is 17.9. The second kappa shape index (κ2) is 10.6. The molecule has 0 radical (unpaired) electrons. The van der Waals surface area contributed by atoms with E-state index in [1.54, 1.807) is 13.0 Å². The number of rotatable bonds is 7. The zero-order chi connectivity index (χ0) is 21.3. The largest absolute Gasteiger partial charge is 0.466 e. The van der Waals surface area contributed by atoms with Crippen LogP contribution in [0.4, 0.5) is 17.1 Å². The molecular weight excluding hydrogens is 398 g/mol. The van der Waals surface area contributed by atoms with Crippen molar-refractivity contribution in [2.24, 2.45) is 4.99 Å². The number of esters is 1. The highest BCUT2D eigenvalue weighted by Crippen LogP contribution is 2.31. The molecule has 0 bridgehead atoms. The number of aliphatic imine (C=N–C) groups is 1. The average Bonchev–Trinajstić information content (AvgIpc) is 2.91. The molecule has 0 saturated carbocycles. The van der Waals surface area contributed by atoms with Crippen molar-refractivity contribution in [3.05, 3.63) is 65.9 Å². The third-order valence-electron chi connectivity index (χ3n) is 4.34. The van der Waals surface area contributed by atoms with Gasteiger partial charge in [-0.15, -0.1) is 0 Å². The van der Waals surface area contributed by atoms with Gasteiger partial charge >= 0.3 is 5.97 Å². The number of hydrogen-bond donors (Lipinski definition) is 2. The topological polar surface area (TPSA) is 79.8 Å². The molecule has 2 N–H and O–H groups in total. The molecule has 2 aromatic carbocycles. The minimum absolute atomic E-state index is 0.109. The maximum Gasteiger partial charge on any atom is 0.311 e. The Morgan fingerprint density at radius 3 is 2.77 bits per heavy atom. The molecule has 1 heterocycles. The molecule has 0 unspecified atom stereocenters. The molecule has 0 spiro atoms. The summed E-state index contributed by atoms with van der Waals surface area (Å²) in [6.45, 7) is 4.19. The molecule has 2 aromatic rings. The van der Waals surface area contributed by atoms with Gasteiger partial charge in [0.15, 0.2) is 0 Å². The summed E-state index contributed by atoms with van der Waals surface area (Å²) in [7, 11) is 0. The van der Waals surface area contributed by atoms with E-state index in [2.05, 4.69) is 22.5 Å². The van der Waals surface area contributed by atoms with Gasteiger partial charge in [0.2, 0.25) is 5.91 Å². The summed E-state index contributed by atoms with van der Waals surface area (Å²) < 4.78 is 5.06. The van der Waals surface area contributed by atoms with Crippen LogP contribution in [0.1, 0.15) is 25.8 Å². The Morgan fingerprint density at radius 1 is 1.13 bits per heavy atom. The fourth-order valence-electron chi connectivity index (χ4n) is 2.93. The van der Waals surface area contributed by atoms with E-state index in [1.807, 2.05) is 48.5 Å². The number of aryl methyl sites for hydroxylation is 1. The van der Waals surface area contributed by atoms with Crippen molar-refractivity contribution in [2.45, 2.75) is 26.7 Å². The number of thioether (sulfide) groups is 1. The van der Waals surface area contributed by atoms with Crippen LogP contribution in [0.25, 0.3) is 0 Å². The maximum atomic E-state index is 12.4. The van der Waals surface area contributed by atoms with E-state index >= 15 is 0 Å². The van der Waals surface area contributed by atoms with Crippen LogP contribution >= 0.6 is 11.8 Å². The molecule has 1 aliphatic heterocycles. The van der Waals surface area contributed by atoms with Crippen molar-refractivity contribution >= 4 is 45.7 Å². The van der Waals surface area contributed by atoms with Crippen LogP contribution in [0.3, 0.4) is 0 Å². The first-order valence-electron chi connectivity index (χ1n) is 9.90. The minimum atomic E-state index is -0.312. The number of carbonyl (C=O) groups is 2. The van der Waals surface area contributed by atoms with Gasteiger partial charge in [-0.1, -0.05) is 43.0 Å². The monoisotopic (exact) mass is 423 g/mol. The Hall–Kier alpha value is -3.06. The SMILES string of the molecule is CCOC(=O)CC1=CC(SCC(=O)Nc2cccc(CC)c2)=Nc2ccccc2N1. The first-order valence-corrected chi connectivity index (χ1v) is 10.9. The van der Waals surface area contributed by atoms with Crippen molar-refractivity contribution < 1.29 is 14.3 Å². The van der Waals surface area contributed by atoms with Crippen molar-refractivity contribution in [1.82, 2.24) is 0 Å². The summed E-state index contributed by atoms with van der Waals surface area (Å²) in [6, 6.07) is 15.4. The lowest BCUT2D eigenvalue weighted by atomic mass is 10.1. The molecule has 0 atom stereocenters. The van der Waals surface area contributed by atoms with Crippen LogP contribution in [0.2, 0.25) is 0 Å². The van der Waals surface area contributed by atoms with Gasteiger partial charge in [0.05, 0.1) is 35.2 Å². The van der Waals surface area contributed by atoms with E-state index < -0.39 is 0 Å². The van der Waals surface area contributed by atoms with Gasteiger partial charge in [0.25, 0.3) is 0 Å². The number of hydrogen-bond acceptors (Lipinski definition) is 6. The van der Waals surface area contributed by atoms with E-state index in [4.69, 9.17) is 4.74 Å². The lowest BCUT2D eigenvalue weighted by molar-refractivity contribution is -0.142. The van der Waals surface area contributed by atoms with Gasteiger partial charge < -0.3 is 15.4 Å². The Morgan fingerprint density at radius 2 is 1.97 bits per heavy atom. The highest BCUT2D eigenvalue weighted by Gasteiger charge is 2.15. The van der Waals surface area contributed by atoms with E-state index in [-0.39, 0.29) is 24.1 Å². The molecule has 0 saturated heterocycles. The minimum Gasteiger partial charge on any atom is -0.466 e. The third kappa shape index (κ3) is 6.22. The Labute approximate surface area is 180 Å². The highest BCUT2D eigenvalue weighted by molar-refractivity contribution is 8.14. The number of anilines is 2. The van der Waals surface area contributed by atoms with E-state index in [1.165, 1.54) is 17.3 Å². The van der Waals surface area contributed by atoms with Crippen molar-refractivity contribution in [2.75, 3.05) is 23.0 Å². The molecule has 3 rings (SSSR count). The average molecular weight is 424 g/mol. The number of nitrogens with zero attached hydrogens (tertiary/aromatic N) is 1. The number of para-hydroxylation sites is 2. The second-order valence-electron chi connectivity index (χ2n) is 6.63. The predicted octanol–water partition coefficient (Wildman–Crippen LogP) is 4.91. The van der Waals surface area contributed by atoms with Gasteiger partial charge in [-0.2, -0.15) is 0 Å². The summed E-state index contributed by atoms with van der Waals surface area (Å²) >= 11 is 1.33. The number of ether oxygens (including phenoxy) is 1. The maximum absolute atomic E-state index is 12.4. The third-order valence-corrected chi connectivity index (χ3v) is 5.25. The molecule has 0 fully saturated rings. The zero-order valence-electron chi connectivity index (χ0n) is 17.1. The first kappa shape index (κ1) is 21.6. The van der Waals surface area contributed by atoms with Crippen LogP contribution < -0.4 is 10.6 Å². The van der Waals surface area contributed by atoms with Gasteiger partial charge in [-0.3, -0.25) is 9.59 Å². The van der Waals surface area contributed by atoms with Crippen LogP contribution in [0, 0.1) is 0 Å². The lowest BCUT2D eigenvalue weighted by Crippen LogP contribution is -2.15. The Bertz CT molecular complexity index is 985. The fourth-order valence-corrected chi connectivity index (χ4v) is 3.67. The summed E-state index contributed by atoms with van der Waals surface area (Å²) in [6.07, 6.45) is 2.82. The van der Waals surface area contributed by atoms with Crippen molar-refractivity contribution in [3.63, 3.8) is 0 Å². The first-order chi connectivity index (χ1) is 14.6. The van der Waals surface area contributed by atoms with Crippen molar-refractivity contribution in [3.8, 4) is 0 Å². The Kier molecular flexibility index (Phi) is 7.68. The molecule has 30 heavy (non-hydrogen) atoms. The lowest BCUT2D eigenvalue weighted by Gasteiger charge is -2.10. The quantitative estimate of drug-likeness (QED) is 0.619. The van der Waals surface area contributed by atoms with E-state index in [9.17, 15) is 9.59 Å². The van der Waals surface area contributed by atoms with Crippen LogP contribution in [0.5, 0.6) is 0 Å². The van der Waals surface area contributed by atoms with Gasteiger partial charge in [0.1, 0.15) is 0 Å². The number of carbonyl (C=O) groups excluding carboxylic acids is 2. The predicted molar refractivity (Wildman–Crippen MR) is 123 cm³/mol. The number of nitrogens with one attached hydrogen (secondary N) is 2. The highest BCUT2D eigenvalue weighted by atomic mass is 32.2. The van der Waals surface area contributed by atoms with Crippen LogP contribution in [-0.4, -0.2) is 29.3 Å². The van der Waals surface area contributed by atoms with Crippen LogP contribution in [0.15, 0.2) is 65.3 Å². The number of benzene rings is 2. The van der Waals surface area contributed by atoms with Crippen molar-refractivity contribution in [1.29, 1.82) is 0 Å². The summed E-state index contributed by atoms with van der Waals surface area (Å²) in [5.41, 5.74) is 4.20. The molecule has 1 amide bonds. The van der Waals surface area contributed by atoms with E-state index in [0.29, 0.717) is 17.3 Å². The molecule has 6 nitrogen and oxygen atoms in total. The summed E-state index contributed by atoms with van der Waals surface area (Å²) in [5.74, 6) is -0.212. The summed E-state index contributed by atoms with van der Waals surface area (Å²) in [5, 5.41) is 6.83. The molecule has 156 valence electrons. The van der Waals surface area contributed by atoms with Crippen LogP contribution in [-0.2, 0) is 20.7 Å².